The van der Waals surface area contributed by atoms with Crippen molar-refractivity contribution >= 4 is 18.0 Å². The van der Waals surface area contributed by atoms with Crippen LogP contribution in [0.15, 0.2) is 0 Å². The highest BCUT2D eigenvalue weighted by molar-refractivity contribution is 5.86. The summed E-state index contributed by atoms with van der Waals surface area (Å²) in [6.45, 7) is 4.80. The number of nitrogens with one attached hydrogen (secondary N) is 2. The molecule has 0 radical (unpaired) electrons. The van der Waals surface area contributed by atoms with E-state index in [1.165, 1.54) is 14.0 Å². The fraction of sp³-hybridized carbons (Fsp3) is 0.700. The number of amides is 2. The standard InChI is InChI=1S/C10H18N2O5/c1-5(2)7(9(15)17-4)12-10(16)11-6(3)8(13)14/h5-7H,1-4H3,(H,13,14)(H2,11,12,16)/t6-,7?/m0/s1. The van der Waals surface area contributed by atoms with E-state index in [1.807, 2.05) is 0 Å². The molecule has 0 saturated heterocycles. The predicted octanol–water partition coefficient (Wildman–Crippen LogP) is -0.0437. The van der Waals surface area contributed by atoms with Crippen molar-refractivity contribution in [1.29, 1.82) is 0 Å². The largest absolute Gasteiger partial charge is 0.480 e. The monoisotopic (exact) mass is 246 g/mol. The molecule has 0 spiro atoms. The van der Waals surface area contributed by atoms with Crippen molar-refractivity contribution in [3.05, 3.63) is 0 Å². The minimum absolute atomic E-state index is 0.159. The minimum Gasteiger partial charge on any atom is -0.480 e. The first-order valence-electron chi connectivity index (χ1n) is 5.17. The summed E-state index contributed by atoms with van der Waals surface area (Å²) in [6.07, 6.45) is 0. The molecule has 98 valence electrons. The van der Waals surface area contributed by atoms with Crippen molar-refractivity contribution in [3.8, 4) is 0 Å². The quantitative estimate of drug-likeness (QED) is 0.590. The third kappa shape index (κ3) is 5.19. The van der Waals surface area contributed by atoms with Crippen molar-refractivity contribution in [2.24, 2.45) is 5.92 Å². The second kappa shape index (κ2) is 6.72. The van der Waals surface area contributed by atoms with E-state index in [9.17, 15) is 14.4 Å². The van der Waals surface area contributed by atoms with Crippen LogP contribution in [0.25, 0.3) is 0 Å². The Morgan fingerprint density at radius 3 is 2.00 bits per heavy atom. The van der Waals surface area contributed by atoms with Crippen molar-refractivity contribution in [1.82, 2.24) is 10.6 Å². The van der Waals surface area contributed by atoms with E-state index in [2.05, 4.69) is 15.4 Å². The van der Waals surface area contributed by atoms with Gasteiger partial charge in [-0.25, -0.2) is 9.59 Å². The van der Waals surface area contributed by atoms with Gasteiger partial charge in [0, 0.05) is 0 Å². The number of rotatable bonds is 5. The number of esters is 1. The van der Waals surface area contributed by atoms with Gasteiger partial charge in [-0.2, -0.15) is 0 Å². The van der Waals surface area contributed by atoms with Gasteiger partial charge in [-0.15, -0.1) is 0 Å². The maximum Gasteiger partial charge on any atom is 0.328 e. The lowest BCUT2D eigenvalue weighted by molar-refractivity contribution is -0.144. The van der Waals surface area contributed by atoms with Crippen LogP contribution < -0.4 is 10.6 Å². The first kappa shape index (κ1) is 15.2. The lowest BCUT2D eigenvalue weighted by Crippen LogP contribution is -2.52. The molecule has 0 rings (SSSR count). The van der Waals surface area contributed by atoms with Crippen LogP contribution in [0.2, 0.25) is 0 Å². The summed E-state index contributed by atoms with van der Waals surface area (Å²) in [5.41, 5.74) is 0. The van der Waals surface area contributed by atoms with E-state index in [-0.39, 0.29) is 5.92 Å². The molecule has 1 unspecified atom stereocenters. The molecule has 0 aromatic heterocycles. The van der Waals surface area contributed by atoms with Gasteiger partial charge in [0.2, 0.25) is 0 Å². The Hall–Kier alpha value is -1.79. The first-order chi connectivity index (χ1) is 7.79. The number of carboxylic acid groups (broad SMARTS) is 1. The second-order valence-corrected chi connectivity index (χ2v) is 3.92. The van der Waals surface area contributed by atoms with E-state index in [4.69, 9.17) is 5.11 Å². The normalized spacial score (nSPS) is 13.7. The molecule has 0 saturated carbocycles. The number of hydrogen-bond donors (Lipinski definition) is 3. The molecular formula is C10H18N2O5. The van der Waals surface area contributed by atoms with Gasteiger partial charge in [0.05, 0.1) is 7.11 Å². The maximum absolute atomic E-state index is 11.4. The highest BCUT2D eigenvalue weighted by Gasteiger charge is 2.25. The van der Waals surface area contributed by atoms with Crippen LogP contribution in [0.1, 0.15) is 20.8 Å². The maximum atomic E-state index is 11.4. The molecule has 0 heterocycles. The number of carboxylic acids is 1. The van der Waals surface area contributed by atoms with Crippen LogP contribution >= 0.6 is 0 Å². The smallest absolute Gasteiger partial charge is 0.328 e. The van der Waals surface area contributed by atoms with E-state index in [1.54, 1.807) is 13.8 Å². The van der Waals surface area contributed by atoms with Crippen LogP contribution in [0, 0.1) is 5.92 Å². The van der Waals surface area contributed by atoms with Crippen LogP contribution in [0.5, 0.6) is 0 Å². The summed E-state index contributed by atoms with van der Waals surface area (Å²) < 4.78 is 4.53. The molecule has 0 aromatic rings. The second-order valence-electron chi connectivity index (χ2n) is 3.92. The highest BCUT2D eigenvalue weighted by Crippen LogP contribution is 2.03. The van der Waals surface area contributed by atoms with Gasteiger partial charge in [0.15, 0.2) is 0 Å². The fourth-order valence-electron chi connectivity index (χ4n) is 1.07. The Kier molecular flexibility index (Phi) is 6.01. The van der Waals surface area contributed by atoms with Crippen LogP contribution in [0.3, 0.4) is 0 Å². The zero-order chi connectivity index (χ0) is 13.6. The topological polar surface area (TPSA) is 105 Å². The number of urea groups is 1. The Morgan fingerprint density at radius 2 is 1.65 bits per heavy atom. The van der Waals surface area contributed by atoms with Gasteiger partial charge in [-0.05, 0) is 12.8 Å². The summed E-state index contributed by atoms with van der Waals surface area (Å²) in [5, 5.41) is 13.1. The van der Waals surface area contributed by atoms with Crippen molar-refractivity contribution in [2.45, 2.75) is 32.9 Å². The Bertz CT molecular complexity index is 303. The number of ether oxygens (including phenoxy) is 1. The molecule has 3 N–H and O–H groups in total. The molecule has 7 heteroatoms. The van der Waals surface area contributed by atoms with Crippen molar-refractivity contribution in [2.75, 3.05) is 7.11 Å². The number of aliphatic carboxylic acids is 1. The summed E-state index contributed by atoms with van der Waals surface area (Å²) >= 11 is 0. The number of carbonyl (C=O) groups is 3. The highest BCUT2D eigenvalue weighted by atomic mass is 16.5. The molecule has 0 aliphatic carbocycles. The summed E-state index contributed by atoms with van der Waals surface area (Å²) in [7, 11) is 1.22. The number of carbonyl (C=O) groups excluding carboxylic acids is 2. The minimum atomic E-state index is -1.15. The van der Waals surface area contributed by atoms with Gasteiger partial charge >= 0.3 is 18.0 Å². The van der Waals surface area contributed by atoms with E-state index in [0.29, 0.717) is 0 Å². The lowest BCUT2D eigenvalue weighted by atomic mass is 10.1. The van der Waals surface area contributed by atoms with E-state index in [0.717, 1.165) is 0 Å². The lowest BCUT2D eigenvalue weighted by Gasteiger charge is -2.20. The van der Waals surface area contributed by atoms with Gasteiger partial charge in [0.25, 0.3) is 0 Å². The number of hydrogen-bond acceptors (Lipinski definition) is 4. The van der Waals surface area contributed by atoms with Crippen molar-refractivity contribution < 1.29 is 24.2 Å². The van der Waals surface area contributed by atoms with E-state index < -0.39 is 30.1 Å². The molecule has 17 heavy (non-hydrogen) atoms. The van der Waals surface area contributed by atoms with Crippen LogP contribution in [-0.4, -0.2) is 42.3 Å². The SMILES string of the molecule is COC(=O)C(NC(=O)N[C@@H](C)C(=O)O)C(C)C. The van der Waals surface area contributed by atoms with Gasteiger partial charge in [-0.3, -0.25) is 4.79 Å². The predicted molar refractivity (Wildman–Crippen MR) is 59.4 cm³/mol. The van der Waals surface area contributed by atoms with Crippen LogP contribution in [0.4, 0.5) is 4.79 Å². The molecule has 0 bridgehead atoms. The van der Waals surface area contributed by atoms with E-state index >= 15 is 0 Å². The van der Waals surface area contributed by atoms with Crippen LogP contribution in [-0.2, 0) is 14.3 Å². The molecule has 0 aromatic carbocycles. The molecule has 2 atom stereocenters. The molecule has 7 nitrogen and oxygen atoms in total. The summed E-state index contributed by atoms with van der Waals surface area (Å²) in [4.78, 5) is 33.2. The van der Waals surface area contributed by atoms with Crippen molar-refractivity contribution in [3.63, 3.8) is 0 Å². The third-order valence-corrected chi connectivity index (χ3v) is 2.13. The molecule has 0 fully saturated rings. The third-order valence-electron chi connectivity index (χ3n) is 2.13. The van der Waals surface area contributed by atoms with Gasteiger partial charge in [0.1, 0.15) is 12.1 Å². The molecule has 0 aliphatic heterocycles. The fourth-order valence-corrected chi connectivity index (χ4v) is 1.07. The van der Waals surface area contributed by atoms with Gasteiger partial charge in [-0.1, -0.05) is 13.8 Å². The number of methoxy groups -OCH3 is 1. The Morgan fingerprint density at radius 1 is 1.12 bits per heavy atom. The zero-order valence-corrected chi connectivity index (χ0v) is 10.3. The summed E-state index contributed by atoms with van der Waals surface area (Å²) in [6, 6.07) is -2.55. The summed E-state index contributed by atoms with van der Waals surface area (Å²) in [5.74, 6) is -1.88. The average molecular weight is 246 g/mol. The van der Waals surface area contributed by atoms with Gasteiger partial charge < -0.3 is 20.5 Å². The molecule has 0 aliphatic rings. The molecular weight excluding hydrogens is 228 g/mol. The Labute approximate surface area is 99.5 Å². The Balaban J connectivity index is 4.42. The average Bonchev–Trinajstić information content (AvgIpc) is 2.24. The first-order valence-corrected chi connectivity index (χ1v) is 5.17. The molecule has 2 amide bonds. The zero-order valence-electron chi connectivity index (χ0n) is 10.3.